The molecule has 1 spiro atoms. The summed E-state index contributed by atoms with van der Waals surface area (Å²) in [5.41, 5.74) is -0.310. The molecule has 1 heterocycles. The summed E-state index contributed by atoms with van der Waals surface area (Å²) in [5, 5.41) is 2.11. The fraction of sp³-hybridized carbons (Fsp3) is 0.571. The van der Waals surface area contributed by atoms with Gasteiger partial charge < -0.3 is 9.47 Å². The van der Waals surface area contributed by atoms with Gasteiger partial charge in [-0.05, 0) is 37.7 Å². The van der Waals surface area contributed by atoms with E-state index in [2.05, 4.69) is 17.4 Å². The van der Waals surface area contributed by atoms with Crippen molar-refractivity contribution >= 4 is 29.4 Å². The minimum atomic E-state index is -1.01. The van der Waals surface area contributed by atoms with E-state index in [1.807, 2.05) is 18.2 Å². The lowest BCUT2D eigenvalue weighted by Gasteiger charge is -2.41. The summed E-state index contributed by atoms with van der Waals surface area (Å²) in [6.07, 6.45) is 4.55. The largest absolute Gasteiger partial charge is 0.439 e. The highest BCUT2D eigenvalue weighted by Gasteiger charge is 2.66. The van der Waals surface area contributed by atoms with Crippen LogP contribution in [-0.4, -0.2) is 41.5 Å². The Balaban J connectivity index is 1.59. The number of carbonyl (C=O) groups is 3. The van der Waals surface area contributed by atoms with Crippen LogP contribution in [0.4, 0.5) is 4.79 Å². The maximum absolute atomic E-state index is 12.2. The zero-order chi connectivity index (χ0) is 20.0. The Morgan fingerprint density at radius 1 is 1.18 bits per heavy atom. The van der Waals surface area contributed by atoms with Crippen LogP contribution in [0.5, 0.6) is 0 Å². The number of imide groups is 1. The lowest BCUT2D eigenvalue weighted by Crippen LogP contribution is -2.55. The van der Waals surface area contributed by atoms with Gasteiger partial charge in [0.25, 0.3) is 0 Å². The number of Topliss-reactive ketones (excluding diaryl/α,β-unsaturated/α-hetero) is 1. The Labute approximate surface area is 169 Å². The molecular formula is C21H26ClNO5. The predicted molar refractivity (Wildman–Crippen MR) is 104 cm³/mol. The molecule has 1 saturated carbocycles. The van der Waals surface area contributed by atoms with E-state index in [9.17, 15) is 14.4 Å². The molecule has 0 aromatic heterocycles. The van der Waals surface area contributed by atoms with Gasteiger partial charge in [0.2, 0.25) is 5.91 Å². The molecule has 2 aliphatic rings. The normalized spacial score (nSPS) is 26.1. The number of hydrogen-bond acceptors (Lipinski definition) is 5. The maximum atomic E-state index is 12.2. The van der Waals surface area contributed by atoms with Crippen LogP contribution in [0, 0.1) is 0 Å². The second kappa shape index (κ2) is 9.05. The Morgan fingerprint density at radius 2 is 1.93 bits per heavy atom. The molecule has 1 aliphatic carbocycles. The van der Waals surface area contributed by atoms with Gasteiger partial charge >= 0.3 is 6.09 Å². The van der Waals surface area contributed by atoms with Crippen molar-refractivity contribution in [2.24, 2.45) is 0 Å². The van der Waals surface area contributed by atoms with Crippen molar-refractivity contribution < 1.29 is 23.9 Å². The molecule has 3 rings (SSSR count). The summed E-state index contributed by atoms with van der Waals surface area (Å²) in [6.45, 7) is 0.473. The van der Waals surface area contributed by atoms with Crippen molar-refractivity contribution in [3.8, 4) is 0 Å². The highest BCUT2D eigenvalue weighted by molar-refractivity contribution is 6.28. The second-order valence-electron chi connectivity index (χ2n) is 7.61. The van der Waals surface area contributed by atoms with Crippen LogP contribution in [0.15, 0.2) is 30.3 Å². The number of halogens is 1. The molecule has 0 bridgehead atoms. The molecule has 7 heteroatoms. The summed E-state index contributed by atoms with van der Waals surface area (Å²) < 4.78 is 11.4. The molecular weight excluding hydrogens is 382 g/mol. The number of alkyl carbamates (subject to hydrolysis) is 1. The van der Waals surface area contributed by atoms with Crippen LogP contribution in [0.1, 0.15) is 50.5 Å². The van der Waals surface area contributed by atoms with Crippen LogP contribution in [0.3, 0.4) is 0 Å². The summed E-state index contributed by atoms with van der Waals surface area (Å²) in [5.74, 6) is -0.901. The topological polar surface area (TPSA) is 85.0 Å². The molecule has 1 aromatic rings. The van der Waals surface area contributed by atoms with Crippen molar-refractivity contribution in [3.63, 3.8) is 0 Å². The van der Waals surface area contributed by atoms with Gasteiger partial charge in [0.05, 0.1) is 6.61 Å². The predicted octanol–water partition coefficient (Wildman–Crippen LogP) is 3.54. The number of unbranched alkanes of at least 4 members (excludes halogenated alkanes) is 2. The molecule has 1 aromatic carbocycles. The SMILES string of the molecule is O=C1CC[C@]2(CO2)[C@@](CCCCCc2ccccc2)(OC(=O)NC(=O)CCl)C1. The van der Waals surface area contributed by atoms with Crippen LogP contribution in [0.25, 0.3) is 0 Å². The molecule has 2 fully saturated rings. The first kappa shape index (κ1) is 20.8. The van der Waals surface area contributed by atoms with Gasteiger partial charge in [0.1, 0.15) is 17.3 Å². The molecule has 6 nitrogen and oxygen atoms in total. The van der Waals surface area contributed by atoms with Crippen molar-refractivity contribution in [1.29, 1.82) is 0 Å². The monoisotopic (exact) mass is 407 g/mol. The van der Waals surface area contributed by atoms with Crippen molar-refractivity contribution in [3.05, 3.63) is 35.9 Å². The van der Waals surface area contributed by atoms with Gasteiger partial charge in [-0.1, -0.05) is 36.8 Å². The van der Waals surface area contributed by atoms with E-state index in [0.717, 1.165) is 25.7 Å². The lowest BCUT2D eigenvalue weighted by molar-refractivity contribution is -0.137. The molecule has 152 valence electrons. The standard InChI is InChI=1S/C21H26ClNO5/c22-14-18(25)23-19(26)28-20(13-17(24)10-12-21(20)15-27-21)11-6-2-5-9-16-7-3-1-4-8-16/h1,3-4,7-8H,2,5-6,9-15H2,(H,23,25,26)/t20-,21-/m0/s1. The number of epoxide rings is 1. The Kier molecular flexibility index (Phi) is 6.73. The van der Waals surface area contributed by atoms with Gasteiger partial charge in [-0.25, -0.2) is 4.79 Å². The van der Waals surface area contributed by atoms with E-state index in [1.165, 1.54) is 5.56 Å². The number of hydrogen-bond donors (Lipinski definition) is 1. The molecule has 2 atom stereocenters. The summed E-state index contributed by atoms with van der Waals surface area (Å²) >= 11 is 5.44. The van der Waals surface area contributed by atoms with Crippen LogP contribution >= 0.6 is 11.6 Å². The van der Waals surface area contributed by atoms with Crippen molar-refractivity contribution in [1.82, 2.24) is 5.32 Å². The van der Waals surface area contributed by atoms with E-state index in [-0.39, 0.29) is 18.1 Å². The number of carbonyl (C=O) groups excluding carboxylic acids is 3. The smallest absolute Gasteiger partial charge is 0.414 e. The van der Waals surface area contributed by atoms with E-state index < -0.39 is 23.2 Å². The zero-order valence-corrected chi connectivity index (χ0v) is 16.6. The Morgan fingerprint density at radius 3 is 2.61 bits per heavy atom. The number of benzene rings is 1. The van der Waals surface area contributed by atoms with Gasteiger partial charge in [-0.15, -0.1) is 11.6 Å². The number of aryl methyl sites for hydroxylation is 1. The van der Waals surface area contributed by atoms with E-state index >= 15 is 0 Å². The van der Waals surface area contributed by atoms with Gasteiger partial charge in [0.15, 0.2) is 5.60 Å². The Bertz CT molecular complexity index is 719. The third-order valence-corrected chi connectivity index (χ3v) is 5.90. The minimum absolute atomic E-state index is 0.0573. The van der Waals surface area contributed by atoms with Gasteiger partial charge in [0, 0.05) is 12.8 Å². The fourth-order valence-electron chi connectivity index (χ4n) is 4.04. The number of ketones is 1. The number of rotatable bonds is 8. The first-order chi connectivity index (χ1) is 13.5. The highest BCUT2D eigenvalue weighted by Crippen LogP contribution is 2.52. The van der Waals surface area contributed by atoms with Gasteiger partial charge in [-0.2, -0.15) is 0 Å². The minimum Gasteiger partial charge on any atom is -0.439 e. The summed E-state index contributed by atoms with van der Waals surface area (Å²) in [6, 6.07) is 10.3. The molecule has 0 radical (unpaired) electrons. The molecule has 2 amide bonds. The number of nitrogens with one attached hydrogen (secondary N) is 1. The Hall–Kier alpha value is -1.92. The average molecular weight is 408 g/mol. The maximum Gasteiger partial charge on any atom is 0.414 e. The quantitative estimate of drug-likeness (QED) is 0.404. The van der Waals surface area contributed by atoms with Crippen molar-refractivity contribution in [2.45, 2.75) is 62.6 Å². The first-order valence-electron chi connectivity index (χ1n) is 9.77. The zero-order valence-electron chi connectivity index (χ0n) is 15.9. The first-order valence-corrected chi connectivity index (χ1v) is 10.3. The fourth-order valence-corrected chi connectivity index (χ4v) is 4.11. The summed E-state index contributed by atoms with van der Waals surface area (Å²) in [4.78, 5) is 35.8. The van der Waals surface area contributed by atoms with Gasteiger partial charge in [-0.3, -0.25) is 14.9 Å². The molecule has 0 unspecified atom stereocenters. The average Bonchev–Trinajstić information content (AvgIpc) is 3.47. The van der Waals surface area contributed by atoms with Crippen LogP contribution in [-0.2, 0) is 25.5 Å². The van der Waals surface area contributed by atoms with Crippen molar-refractivity contribution in [2.75, 3.05) is 12.5 Å². The van der Waals surface area contributed by atoms with E-state index in [4.69, 9.17) is 21.1 Å². The lowest BCUT2D eigenvalue weighted by atomic mass is 9.71. The molecule has 1 saturated heterocycles. The number of alkyl halides is 1. The number of amides is 2. The van der Waals surface area contributed by atoms with Crippen LogP contribution < -0.4 is 5.32 Å². The summed E-state index contributed by atoms with van der Waals surface area (Å²) in [7, 11) is 0. The number of ether oxygens (including phenoxy) is 2. The van der Waals surface area contributed by atoms with E-state index in [1.54, 1.807) is 0 Å². The third kappa shape index (κ3) is 4.92. The third-order valence-electron chi connectivity index (χ3n) is 5.65. The molecule has 1 N–H and O–H groups in total. The second-order valence-corrected chi connectivity index (χ2v) is 7.88. The van der Waals surface area contributed by atoms with E-state index in [0.29, 0.717) is 25.9 Å². The van der Waals surface area contributed by atoms with Crippen LogP contribution in [0.2, 0.25) is 0 Å². The highest BCUT2D eigenvalue weighted by atomic mass is 35.5. The molecule has 28 heavy (non-hydrogen) atoms. The molecule has 1 aliphatic heterocycles.